The number of nitrogens with one attached hydrogen (secondary N) is 3. The molecular formula is C25H31N5O6S. The van der Waals surface area contributed by atoms with Crippen LogP contribution in [-0.2, 0) is 11.1 Å². The predicted molar refractivity (Wildman–Crippen MR) is 139 cm³/mol. The number of nitrogens with zero attached hydrogens (tertiary/aromatic N) is 2. The average molecular weight is 530 g/mol. The van der Waals surface area contributed by atoms with Crippen LogP contribution in [0.15, 0.2) is 53.7 Å². The van der Waals surface area contributed by atoms with E-state index in [1.165, 1.54) is 18.9 Å². The summed E-state index contributed by atoms with van der Waals surface area (Å²) in [5, 5.41) is 2.79. The van der Waals surface area contributed by atoms with Crippen molar-refractivity contribution in [3.05, 3.63) is 59.8 Å². The Morgan fingerprint density at radius 1 is 1.00 bits per heavy atom. The summed E-state index contributed by atoms with van der Waals surface area (Å²) >= 11 is -1.93. The van der Waals surface area contributed by atoms with Crippen LogP contribution in [0.4, 0.5) is 10.6 Å². The van der Waals surface area contributed by atoms with Crippen LogP contribution in [-0.4, -0.2) is 47.6 Å². The molecule has 1 aromatic heterocycles. The van der Waals surface area contributed by atoms with Gasteiger partial charge in [0.2, 0.25) is 5.82 Å². The summed E-state index contributed by atoms with van der Waals surface area (Å²) in [6.07, 6.45) is 2.80. The molecule has 0 bridgehead atoms. The van der Waals surface area contributed by atoms with E-state index in [1.54, 1.807) is 31.4 Å². The van der Waals surface area contributed by atoms with Crippen molar-refractivity contribution >= 4 is 22.9 Å². The number of hydrazine groups is 1. The normalized spacial score (nSPS) is 11.2. The van der Waals surface area contributed by atoms with Gasteiger partial charge in [-0.2, -0.15) is 4.98 Å². The third kappa shape index (κ3) is 8.53. The summed E-state index contributed by atoms with van der Waals surface area (Å²) in [5.74, 6) is 2.07. The quantitative estimate of drug-likeness (QED) is 0.224. The molecule has 3 aromatic rings. The number of aryl methyl sites for hydroxylation is 2. The maximum Gasteiger partial charge on any atom is 0.333 e. The van der Waals surface area contributed by atoms with Gasteiger partial charge in [-0.05, 0) is 62.6 Å². The van der Waals surface area contributed by atoms with Crippen molar-refractivity contribution < 1.29 is 27.4 Å². The molecule has 0 radical (unpaired) electrons. The van der Waals surface area contributed by atoms with Crippen molar-refractivity contribution in [2.45, 2.75) is 31.7 Å². The first-order valence-corrected chi connectivity index (χ1v) is 12.6. The second-order valence-corrected chi connectivity index (χ2v) is 8.94. The van der Waals surface area contributed by atoms with Crippen molar-refractivity contribution in [3.8, 4) is 23.1 Å². The lowest BCUT2D eigenvalue weighted by Crippen LogP contribution is -2.39. The first kappa shape index (κ1) is 27.5. The molecule has 0 aliphatic heterocycles. The van der Waals surface area contributed by atoms with Crippen molar-refractivity contribution in [2.24, 2.45) is 0 Å². The van der Waals surface area contributed by atoms with Gasteiger partial charge >= 0.3 is 6.03 Å². The molecule has 37 heavy (non-hydrogen) atoms. The maximum atomic E-state index is 12.5. The maximum absolute atomic E-state index is 12.5. The zero-order valence-electron chi connectivity index (χ0n) is 21.2. The molecule has 1 unspecified atom stereocenters. The molecule has 2 amide bonds. The number of aromatic nitrogens is 2. The highest BCUT2D eigenvalue weighted by Gasteiger charge is 2.15. The molecule has 3 N–H and O–H groups in total. The molecule has 0 aliphatic rings. The number of hydrogen-bond donors (Lipinski definition) is 3. The lowest BCUT2D eigenvalue weighted by Gasteiger charge is -2.12. The number of amides is 2. The van der Waals surface area contributed by atoms with Gasteiger partial charge in [0.1, 0.15) is 17.2 Å². The Kier molecular flexibility index (Phi) is 10.3. The number of benzene rings is 2. The molecule has 11 nitrogen and oxygen atoms in total. The van der Waals surface area contributed by atoms with Crippen molar-refractivity contribution in [3.63, 3.8) is 0 Å². The van der Waals surface area contributed by atoms with E-state index in [4.69, 9.17) is 18.4 Å². The Hall–Kier alpha value is -4.06. The number of unbranched alkanes of at least 4 members (excludes halogenated alkanes) is 1. The number of methoxy groups -OCH3 is 2. The molecule has 198 valence electrons. The van der Waals surface area contributed by atoms with Gasteiger partial charge < -0.3 is 23.7 Å². The molecule has 3 rings (SSSR count). The first-order valence-electron chi connectivity index (χ1n) is 11.5. The summed E-state index contributed by atoms with van der Waals surface area (Å²) in [4.78, 5) is 20.4. The number of rotatable bonds is 13. The van der Waals surface area contributed by atoms with E-state index in [2.05, 4.69) is 32.2 Å². The summed E-state index contributed by atoms with van der Waals surface area (Å²) in [5.41, 5.74) is 7.41. The molecule has 0 saturated heterocycles. The Bertz CT molecular complexity index is 1210. The van der Waals surface area contributed by atoms with Gasteiger partial charge in [0, 0.05) is 6.54 Å². The van der Waals surface area contributed by atoms with Gasteiger partial charge in [-0.3, -0.25) is 10.9 Å². The van der Waals surface area contributed by atoms with E-state index in [-0.39, 0.29) is 16.7 Å². The molecule has 0 saturated carbocycles. The number of ether oxygens (including phenoxy) is 3. The van der Waals surface area contributed by atoms with Crippen LogP contribution in [0.2, 0.25) is 0 Å². The molecule has 0 aliphatic carbocycles. The minimum absolute atomic E-state index is 0.0352. The van der Waals surface area contributed by atoms with Crippen molar-refractivity contribution in [2.75, 3.05) is 32.8 Å². The first-order chi connectivity index (χ1) is 17.9. The zero-order chi connectivity index (χ0) is 26.6. The highest BCUT2D eigenvalue weighted by atomic mass is 32.2. The number of carbonyl (C=O) groups is 1. The Morgan fingerprint density at radius 3 is 2.46 bits per heavy atom. The van der Waals surface area contributed by atoms with Gasteiger partial charge in [-0.1, -0.05) is 17.7 Å². The number of anilines is 1. The fourth-order valence-corrected chi connectivity index (χ4v) is 3.83. The van der Waals surface area contributed by atoms with E-state index < -0.39 is 17.1 Å². The minimum atomic E-state index is -1.93. The van der Waals surface area contributed by atoms with E-state index >= 15 is 0 Å². The zero-order valence-corrected chi connectivity index (χ0v) is 22.0. The van der Waals surface area contributed by atoms with Gasteiger partial charge in [-0.25, -0.2) is 14.0 Å². The highest BCUT2D eigenvalue weighted by Crippen LogP contribution is 2.22. The van der Waals surface area contributed by atoms with E-state index in [0.29, 0.717) is 24.7 Å². The number of carbonyl (C=O) groups excluding carboxylic acids is 1. The third-order valence-corrected chi connectivity index (χ3v) is 5.94. The van der Waals surface area contributed by atoms with Gasteiger partial charge in [0.15, 0.2) is 5.03 Å². The van der Waals surface area contributed by atoms with Crippen LogP contribution in [0.1, 0.15) is 24.0 Å². The van der Waals surface area contributed by atoms with Gasteiger partial charge in [0.05, 0.1) is 27.0 Å². The molecule has 0 fully saturated rings. The molecule has 12 heteroatoms. The monoisotopic (exact) mass is 529 g/mol. The molecule has 1 heterocycles. The number of urea groups is 1. The smallest absolute Gasteiger partial charge is 0.333 e. The fraction of sp³-hybridized carbons (Fsp3) is 0.320. The topological polar surface area (TPSA) is 133 Å². The summed E-state index contributed by atoms with van der Waals surface area (Å²) in [6, 6.07) is 12.2. The summed E-state index contributed by atoms with van der Waals surface area (Å²) in [7, 11) is 2.93. The van der Waals surface area contributed by atoms with Crippen molar-refractivity contribution in [1.29, 1.82) is 0 Å². The van der Waals surface area contributed by atoms with E-state index in [1.807, 2.05) is 26.0 Å². The van der Waals surface area contributed by atoms with Crippen LogP contribution in [0.25, 0.3) is 0 Å². The van der Waals surface area contributed by atoms with Crippen LogP contribution in [0, 0.1) is 13.8 Å². The molecular weight excluding hydrogens is 498 g/mol. The Labute approximate surface area is 218 Å². The van der Waals surface area contributed by atoms with Crippen LogP contribution in [0.5, 0.6) is 23.1 Å². The molecule has 2 aromatic carbocycles. The van der Waals surface area contributed by atoms with Gasteiger partial charge in [-0.15, -0.1) is 0 Å². The largest absolute Gasteiger partial charge is 0.497 e. The second-order valence-electron chi connectivity index (χ2n) is 7.89. The average Bonchev–Trinajstić information content (AvgIpc) is 2.90. The molecule has 0 spiro atoms. The highest BCUT2D eigenvalue weighted by molar-refractivity contribution is 7.80. The van der Waals surface area contributed by atoms with E-state index in [9.17, 15) is 9.00 Å². The third-order valence-electron chi connectivity index (χ3n) is 5.05. The molecule has 1 atom stereocenters. The van der Waals surface area contributed by atoms with Crippen LogP contribution in [0.3, 0.4) is 0 Å². The van der Waals surface area contributed by atoms with Crippen LogP contribution < -0.4 is 34.6 Å². The lowest BCUT2D eigenvalue weighted by molar-refractivity contribution is 0.241. The van der Waals surface area contributed by atoms with E-state index in [0.717, 1.165) is 24.2 Å². The van der Waals surface area contributed by atoms with Crippen molar-refractivity contribution in [1.82, 2.24) is 20.7 Å². The lowest BCUT2D eigenvalue weighted by atomic mass is 10.1. The minimum Gasteiger partial charge on any atom is -0.497 e. The standard InChI is InChI=1S/C25H31N5O6S/c1-17-7-12-21(18(2)15-17)35-14-6-5-13-26-25(31)30-29-23-24(34-4)28-22(16-27-23)37(32)36-20-10-8-19(33-3)9-11-20/h7-12,15-16H,5-6,13-14H2,1-4H3,(H,27,29)(H2,26,30,31). The van der Waals surface area contributed by atoms with Gasteiger partial charge in [0.25, 0.3) is 17.0 Å². The number of hydrogen-bond acceptors (Lipinski definition) is 9. The second kappa shape index (κ2) is 13.9. The van der Waals surface area contributed by atoms with Crippen LogP contribution >= 0.6 is 0 Å². The Balaban J connectivity index is 1.39. The summed E-state index contributed by atoms with van der Waals surface area (Å²) in [6.45, 7) is 5.09. The fourth-order valence-electron chi connectivity index (χ4n) is 3.16. The Morgan fingerprint density at radius 2 is 1.76 bits per heavy atom. The predicted octanol–water partition coefficient (Wildman–Crippen LogP) is 3.70. The summed E-state index contributed by atoms with van der Waals surface area (Å²) < 4.78 is 34.0. The SMILES string of the molecule is COc1ccc(OS(=O)c2cnc(NNC(=O)NCCCCOc3ccc(C)cc3C)c(OC)n2)cc1.